The number of phenols is 1. The van der Waals surface area contributed by atoms with E-state index in [2.05, 4.69) is 21.2 Å². The van der Waals surface area contributed by atoms with Gasteiger partial charge in [-0.15, -0.1) is 0 Å². The Hall–Kier alpha value is -2.08. The second kappa shape index (κ2) is 5.92. The first-order chi connectivity index (χ1) is 9.47. The molecule has 1 amide bonds. The van der Waals surface area contributed by atoms with Crippen LogP contribution in [0.25, 0.3) is 0 Å². The molecule has 0 fully saturated rings. The molecule has 0 bridgehead atoms. The van der Waals surface area contributed by atoms with Crippen LogP contribution in [0, 0.1) is 5.82 Å². The molecule has 20 heavy (non-hydrogen) atoms. The van der Waals surface area contributed by atoms with Crippen LogP contribution in [0.4, 0.5) is 10.1 Å². The lowest BCUT2D eigenvalue weighted by molar-refractivity contribution is -0.118. The van der Waals surface area contributed by atoms with E-state index in [1.165, 1.54) is 12.1 Å². The van der Waals surface area contributed by atoms with Crippen molar-refractivity contribution in [3.8, 4) is 5.75 Å². The van der Waals surface area contributed by atoms with Crippen LogP contribution in [-0.4, -0.2) is 11.0 Å². The molecular formula is C14H12BrFN2O2. The van der Waals surface area contributed by atoms with Gasteiger partial charge in [0.1, 0.15) is 6.04 Å². The maximum Gasteiger partial charge on any atom is 0.244 e. The second-order valence-corrected chi connectivity index (χ2v) is 5.12. The van der Waals surface area contributed by atoms with Gasteiger partial charge < -0.3 is 16.2 Å². The van der Waals surface area contributed by atoms with Gasteiger partial charge in [0.2, 0.25) is 5.91 Å². The van der Waals surface area contributed by atoms with E-state index in [0.717, 1.165) is 10.5 Å². The lowest BCUT2D eigenvalue weighted by Gasteiger charge is -2.17. The Morgan fingerprint density at radius 2 is 2.05 bits per heavy atom. The summed E-state index contributed by atoms with van der Waals surface area (Å²) in [6, 6.07) is 9.98. The molecule has 0 aromatic heterocycles. The molecule has 1 unspecified atom stereocenters. The maximum absolute atomic E-state index is 13.4. The van der Waals surface area contributed by atoms with E-state index >= 15 is 0 Å². The highest BCUT2D eigenvalue weighted by atomic mass is 79.9. The number of nitrogens with two attached hydrogens (primary N) is 1. The fraction of sp³-hybridized carbons (Fsp3) is 0.0714. The minimum atomic E-state index is -0.889. The molecule has 6 heteroatoms. The summed E-state index contributed by atoms with van der Waals surface area (Å²) < 4.78 is 14.2. The van der Waals surface area contributed by atoms with Crippen LogP contribution in [0.1, 0.15) is 11.6 Å². The van der Waals surface area contributed by atoms with Gasteiger partial charge in [0.15, 0.2) is 11.6 Å². The summed E-state index contributed by atoms with van der Waals surface area (Å²) in [5.74, 6) is -1.92. The number of aromatic hydroxyl groups is 1. The first-order valence-corrected chi connectivity index (χ1v) is 6.56. The van der Waals surface area contributed by atoms with Crippen LogP contribution < -0.4 is 11.1 Å². The summed E-state index contributed by atoms with van der Waals surface area (Å²) in [5.41, 5.74) is 6.35. The molecule has 0 saturated carbocycles. The van der Waals surface area contributed by atoms with Crippen LogP contribution >= 0.6 is 15.9 Å². The van der Waals surface area contributed by atoms with E-state index in [-0.39, 0.29) is 0 Å². The van der Waals surface area contributed by atoms with Gasteiger partial charge in [0, 0.05) is 10.2 Å². The number of carbonyl (C=O) groups excluding carboxylic acids is 1. The van der Waals surface area contributed by atoms with Crippen molar-refractivity contribution in [2.75, 3.05) is 5.32 Å². The van der Waals surface area contributed by atoms with Crippen molar-refractivity contribution in [3.63, 3.8) is 0 Å². The summed E-state index contributed by atoms with van der Waals surface area (Å²) in [5, 5.41) is 12.1. The second-order valence-electron chi connectivity index (χ2n) is 4.20. The maximum atomic E-state index is 13.4. The lowest BCUT2D eigenvalue weighted by Crippen LogP contribution is -2.27. The molecule has 2 aromatic carbocycles. The summed E-state index contributed by atoms with van der Waals surface area (Å²) in [6.45, 7) is 0. The van der Waals surface area contributed by atoms with Crippen LogP contribution in [-0.2, 0) is 4.79 Å². The Morgan fingerprint density at radius 1 is 1.30 bits per heavy atom. The Kier molecular flexibility index (Phi) is 4.24. The molecule has 104 valence electrons. The van der Waals surface area contributed by atoms with Gasteiger partial charge in [-0.1, -0.05) is 28.1 Å². The fourth-order valence-electron chi connectivity index (χ4n) is 1.77. The predicted molar refractivity (Wildman–Crippen MR) is 77.8 cm³/mol. The number of anilines is 1. The number of hydrogen-bond acceptors (Lipinski definition) is 3. The zero-order valence-corrected chi connectivity index (χ0v) is 11.9. The minimum absolute atomic E-state index is 0.341. The molecule has 0 saturated heterocycles. The largest absolute Gasteiger partial charge is 0.505 e. The van der Waals surface area contributed by atoms with E-state index in [9.17, 15) is 14.3 Å². The standard InChI is InChI=1S/C14H12BrFN2O2/c15-9-2-1-3-10(7-9)18-13(14(17)20)8-4-5-12(19)11(16)6-8/h1-7,13,18-19H,(H2,17,20). The number of benzene rings is 2. The van der Waals surface area contributed by atoms with E-state index in [0.29, 0.717) is 11.3 Å². The van der Waals surface area contributed by atoms with E-state index in [4.69, 9.17) is 5.73 Å². The summed E-state index contributed by atoms with van der Waals surface area (Å²) in [6.07, 6.45) is 0. The van der Waals surface area contributed by atoms with Gasteiger partial charge in [0.25, 0.3) is 0 Å². The average molecular weight is 339 g/mol. The number of carbonyl (C=O) groups is 1. The molecule has 0 radical (unpaired) electrons. The molecule has 4 nitrogen and oxygen atoms in total. The molecule has 0 spiro atoms. The van der Waals surface area contributed by atoms with Crippen molar-refractivity contribution in [1.29, 1.82) is 0 Å². The predicted octanol–water partition coefficient (Wildman–Crippen LogP) is 2.93. The first-order valence-electron chi connectivity index (χ1n) is 5.77. The van der Waals surface area contributed by atoms with Gasteiger partial charge >= 0.3 is 0 Å². The molecule has 1 atom stereocenters. The van der Waals surface area contributed by atoms with Crippen molar-refractivity contribution in [2.24, 2.45) is 5.73 Å². The zero-order valence-electron chi connectivity index (χ0n) is 10.3. The number of amides is 1. The number of nitrogens with one attached hydrogen (secondary N) is 1. The van der Waals surface area contributed by atoms with Crippen LogP contribution in [0.2, 0.25) is 0 Å². The number of halogens is 2. The molecule has 4 N–H and O–H groups in total. The van der Waals surface area contributed by atoms with E-state index in [1.54, 1.807) is 18.2 Å². The van der Waals surface area contributed by atoms with E-state index < -0.39 is 23.5 Å². The van der Waals surface area contributed by atoms with Crippen molar-refractivity contribution in [2.45, 2.75) is 6.04 Å². The highest BCUT2D eigenvalue weighted by Crippen LogP contribution is 2.25. The molecule has 0 aliphatic carbocycles. The molecule has 0 aliphatic rings. The molecular weight excluding hydrogens is 327 g/mol. The first kappa shape index (κ1) is 14.3. The van der Waals surface area contributed by atoms with Gasteiger partial charge in [-0.25, -0.2) is 4.39 Å². The van der Waals surface area contributed by atoms with Crippen LogP contribution in [0.3, 0.4) is 0 Å². The van der Waals surface area contributed by atoms with E-state index in [1.807, 2.05) is 6.07 Å². The number of primary amides is 1. The normalized spacial score (nSPS) is 11.9. The van der Waals surface area contributed by atoms with Crippen molar-refractivity contribution < 1.29 is 14.3 Å². The molecule has 0 heterocycles. The monoisotopic (exact) mass is 338 g/mol. The van der Waals surface area contributed by atoms with Gasteiger partial charge in [-0.2, -0.15) is 0 Å². The Labute approximate surface area is 123 Å². The van der Waals surface area contributed by atoms with Crippen molar-refractivity contribution in [3.05, 3.63) is 58.3 Å². The number of rotatable bonds is 4. The van der Waals surface area contributed by atoms with Crippen LogP contribution in [0.15, 0.2) is 46.9 Å². The Morgan fingerprint density at radius 3 is 2.65 bits per heavy atom. The van der Waals surface area contributed by atoms with Crippen LogP contribution in [0.5, 0.6) is 5.75 Å². The summed E-state index contributed by atoms with van der Waals surface area (Å²) in [7, 11) is 0. The van der Waals surface area contributed by atoms with Crippen molar-refractivity contribution in [1.82, 2.24) is 0 Å². The molecule has 2 rings (SSSR count). The minimum Gasteiger partial charge on any atom is -0.505 e. The quantitative estimate of drug-likeness (QED) is 0.802. The highest BCUT2D eigenvalue weighted by molar-refractivity contribution is 9.10. The molecule has 0 aliphatic heterocycles. The molecule has 2 aromatic rings. The third-order valence-corrected chi connectivity index (χ3v) is 3.22. The fourth-order valence-corrected chi connectivity index (χ4v) is 2.17. The Balaban J connectivity index is 2.32. The van der Waals surface area contributed by atoms with Gasteiger partial charge in [-0.3, -0.25) is 4.79 Å². The summed E-state index contributed by atoms with van der Waals surface area (Å²) >= 11 is 3.32. The van der Waals surface area contributed by atoms with Crippen molar-refractivity contribution >= 4 is 27.5 Å². The Bertz CT molecular complexity index is 649. The number of phenolic OH excluding ortho intramolecular Hbond substituents is 1. The zero-order chi connectivity index (χ0) is 14.7. The SMILES string of the molecule is NC(=O)C(Nc1cccc(Br)c1)c1ccc(O)c(F)c1. The third-order valence-electron chi connectivity index (χ3n) is 2.73. The smallest absolute Gasteiger partial charge is 0.244 e. The highest BCUT2D eigenvalue weighted by Gasteiger charge is 2.19. The third kappa shape index (κ3) is 3.27. The van der Waals surface area contributed by atoms with Gasteiger partial charge in [0.05, 0.1) is 0 Å². The van der Waals surface area contributed by atoms with Gasteiger partial charge in [-0.05, 0) is 35.9 Å². The number of hydrogen-bond donors (Lipinski definition) is 3. The lowest BCUT2D eigenvalue weighted by atomic mass is 10.1. The topological polar surface area (TPSA) is 75.4 Å². The summed E-state index contributed by atoms with van der Waals surface area (Å²) in [4.78, 5) is 11.5. The average Bonchev–Trinajstić information content (AvgIpc) is 2.39.